The fourth-order valence-electron chi connectivity index (χ4n) is 3.22. The Hall–Kier alpha value is -2.37. The summed E-state index contributed by atoms with van der Waals surface area (Å²) in [7, 11) is 1.67. The number of hydrogen-bond donors (Lipinski definition) is 1. The van der Waals surface area contributed by atoms with Crippen LogP contribution in [0.4, 0.5) is 5.69 Å². The van der Waals surface area contributed by atoms with E-state index in [0.29, 0.717) is 6.42 Å². The Bertz CT molecular complexity index is 725. The first-order chi connectivity index (χ1) is 13.2. The number of morpholine rings is 1. The van der Waals surface area contributed by atoms with Crippen molar-refractivity contribution in [1.29, 1.82) is 0 Å². The largest absolute Gasteiger partial charge is 0.497 e. The topological polar surface area (TPSA) is 50.8 Å². The highest BCUT2D eigenvalue weighted by Gasteiger charge is 2.10. The van der Waals surface area contributed by atoms with Crippen molar-refractivity contribution in [3.05, 3.63) is 48.5 Å². The molecule has 0 unspecified atom stereocenters. The Kier molecular flexibility index (Phi) is 7.25. The third-order valence-corrected chi connectivity index (χ3v) is 4.80. The number of carbonyl (C=O) groups is 1. The molecule has 1 aliphatic rings. The van der Waals surface area contributed by atoms with Gasteiger partial charge < -0.3 is 14.8 Å². The Labute approximate surface area is 161 Å². The number of methoxy groups -OCH3 is 1. The van der Waals surface area contributed by atoms with Gasteiger partial charge in [0.15, 0.2) is 0 Å². The number of nitrogens with one attached hydrogen (secondary N) is 1. The predicted octanol–water partition coefficient (Wildman–Crippen LogP) is 3.80. The molecule has 3 rings (SSSR count). The van der Waals surface area contributed by atoms with Crippen molar-refractivity contribution >= 4 is 11.6 Å². The van der Waals surface area contributed by atoms with Crippen LogP contribution in [-0.2, 0) is 9.53 Å². The minimum Gasteiger partial charge on any atom is -0.497 e. The minimum absolute atomic E-state index is 0.0751. The molecule has 5 nitrogen and oxygen atoms in total. The van der Waals surface area contributed by atoms with Crippen LogP contribution in [0.15, 0.2) is 48.5 Å². The van der Waals surface area contributed by atoms with E-state index in [9.17, 15) is 4.79 Å². The number of benzene rings is 2. The van der Waals surface area contributed by atoms with Gasteiger partial charge in [-0.1, -0.05) is 24.3 Å². The van der Waals surface area contributed by atoms with Crippen LogP contribution in [0.2, 0.25) is 0 Å². The van der Waals surface area contributed by atoms with E-state index in [1.807, 2.05) is 48.5 Å². The standard InChI is InChI=1S/C22H28N2O3/c1-26-21-6-4-5-19(17-21)18-8-10-20(11-9-18)23-22(25)7-2-3-12-24-13-15-27-16-14-24/h4-6,8-11,17H,2-3,7,12-16H2,1H3,(H,23,25). The van der Waals surface area contributed by atoms with Gasteiger partial charge in [-0.15, -0.1) is 0 Å². The molecule has 1 saturated heterocycles. The quantitative estimate of drug-likeness (QED) is 0.720. The molecule has 2 aromatic rings. The number of hydrogen-bond acceptors (Lipinski definition) is 4. The van der Waals surface area contributed by atoms with Crippen LogP contribution in [0.25, 0.3) is 11.1 Å². The van der Waals surface area contributed by atoms with E-state index in [4.69, 9.17) is 9.47 Å². The van der Waals surface area contributed by atoms with Crippen molar-refractivity contribution in [2.24, 2.45) is 0 Å². The molecule has 0 saturated carbocycles. The van der Waals surface area contributed by atoms with E-state index in [2.05, 4.69) is 10.2 Å². The highest BCUT2D eigenvalue weighted by molar-refractivity contribution is 5.90. The maximum atomic E-state index is 12.1. The van der Waals surface area contributed by atoms with Crippen LogP contribution in [0, 0.1) is 0 Å². The normalized spacial score (nSPS) is 14.7. The second-order valence-corrected chi connectivity index (χ2v) is 6.77. The maximum Gasteiger partial charge on any atom is 0.224 e. The SMILES string of the molecule is COc1cccc(-c2ccc(NC(=O)CCCCN3CCOCC3)cc2)c1. The molecule has 0 radical (unpaired) electrons. The summed E-state index contributed by atoms with van der Waals surface area (Å²) in [5, 5.41) is 2.98. The van der Waals surface area contributed by atoms with Gasteiger partial charge in [-0.05, 0) is 54.8 Å². The third kappa shape index (κ3) is 6.08. The van der Waals surface area contributed by atoms with Crippen LogP contribution < -0.4 is 10.1 Å². The zero-order chi connectivity index (χ0) is 18.9. The molecule has 1 N–H and O–H groups in total. The number of carbonyl (C=O) groups excluding carboxylic acids is 1. The Morgan fingerprint density at radius 1 is 1.07 bits per heavy atom. The van der Waals surface area contributed by atoms with Gasteiger partial charge in [-0.25, -0.2) is 0 Å². The monoisotopic (exact) mass is 368 g/mol. The average Bonchev–Trinajstić information content (AvgIpc) is 2.72. The van der Waals surface area contributed by atoms with Crippen molar-refractivity contribution in [3.63, 3.8) is 0 Å². The zero-order valence-electron chi connectivity index (χ0n) is 15.9. The van der Waals surface area contributed by atoms with Crippen molar-refractivity contribution in [2.75, 3.05) is 45.3 Å². The lowest BCUT2D eigenvalue weighted by Gasteiger charge is -2.26. The number of anilines is 1. The lowest BCUT2D eigenvalue weighted by atomic mass is 10.1. The molecular weight excluding hydrogens is 340 g/mol. The van der Waals surface area contributed by atoms with Gasteiger partial charge in [0.25, 0.3) is 0 Å². The van der Waals surface area contributed by atoms with E-state index in [1.54, 1.807) is 7.11 Å². The fraction of sp³-hybridized carbons (Fsp3) is 0.409. The molecule has 1 amide bonds. The van der Waals surface area contributed by atoms with Crippen molar-refractivity contribution < 1.29 is 14.3 Å². The van der Waals surface area contributed by atoms with Gasteiger partial charge >= 0.3 is 0 Å². The lowest BCUT2D eigenvalue weighted by molar-refractivity contribution is -0.116. The molecule has 144 valence electrons. The van der Waals surface area contributed by atoms with Gasteiger partial charge in [0.2, 0.25) is 5.91 Å². The van der Waals surface area contributed by atoms with Gasteiger partial charge in [-0.3, -0.25) is 9.69 Å². The number of rotatable bonds is 8. The smallest absolute Gasteiger partial charge is 0.224 e. The molecule has 0 aromatic heterocycles. The average molecular weight is 368 g/mol. The summed E-state index contributed by atoms with van der Waals surface area (Å²) in [6, 6.07) is 15.9. The first-order valence-corrected chi connectivity index (χ1v) is 9.59. The van der Waals surface area contributed by atoms with Crippen LogP contribution in [0.1, 0.15) is 19.3 Å². The molecule has 0 atom stereocenters. The highest BCUT2D eigenvalue weighted by atomic mass is 16.5. The minimum atomic E-state index is 0.0751. The van der Waals surface area contributed by atoms with Gasteiger partial charge in [0.05, 0.1) is 20.3 Å². The molecule has 27 heavy (non-hydrogen) atoms. The second kappa shape index (κ2) is 10.1. The first kappa shape index (κ1) is 19.4. The third-order valence-electron chi connectivity index (χ3n) is 4.80. The highest BCUT2D eigenvalue weighted by Crippen LogP contribution is 2.25. The van der Waals surface area contributed by atoms with E-state index in [0.717, 1.165) is 68.3 Å². The molecule has 1 aliphatic heterocycles. The van der Waals surface area contributed by atoms with Gasteiger partial charge in [0, 0.05) is 25.2 Å². The Balaban J connectivity index is 1.42. The molecule has 0 aliphatic carbocycles. The second-order valence-electron chi connectivity index (χ2n) is 6.77. The van der Waals surface area contributed by atoms with Crippen LogP contribution >= 0.6 is 0 Å². The molecule has 2 aromatic carbocycles. The van der Waals surface area contributed by atoms with Crippen molar-refractivity contribution in [2.45, 2.75) is 19.3 Å². The Morgan fingerprint density at radius 3 is 2.59 bits per heavy atom. The van der Waals surface area contributed by atoms with Crippen molar-refractivity contribution in [1.82, 2.24) is 4.90 Å². The van der Waals surface area contributed by atoms with Crippen LogP contribution in [-0.4, -0.2) is 50.8 Å². The summed E-state index contributed by atoms with van der Waals surface area (Å²) in [5.74, 6) is 0.910. The van der Waals surface area contributed by atoms with Crippen LogP contribution in [0.3, 0.4) is 0 Å². The summed E-state index contributed by atoms with van der Waals surface area (Å²) < 4.78 is 10.6. The molecule has 5 heteroatoms. The number of ether oxygens (including phenoxy) is 2. The van der Waals surface area contributed by atoms with Gasteiger partial charge in [-0.2, -0.15) is 0 Å². The summed E-state index contributed by atoms with van der Waals surface area (Å²) in [5.41, 5.74) is 3.02. The Morgan fingerprint density at radius 2 is 1.85 bits per heavy atom. The van der Waals surface area contributed by atoms with Gasteiger partial charge in [0.1, 0.15) is 5.75 Å². The molecular formula is C22H28N2O3. The van der Waals surface area contributed by atoms with E-state index in [1.165, 1.54) is 0 Å². The van der Waals surface area contributed by atoms with Crippen molar-refractivity contribution in [3.8, 4) is 16.9 Å². The summed E-state index contributed by atoms with van der Waals surface area (Å²) in [6.07, 6.45) is 2.51. The molecule has 0 bridgehead atoms. The number of unbranched alkanes of at least 4 members (excludes halogenated alkanes) is 1. The summed E-state index contributed by atoms with van der Waals surface area (Å²) in [4.78, 5) is 14.5. The number of amides is 1. The maximum absolute atomic E-state index is 12.1. The van der Waals surface area contributed by atoms with E-state index >= 15 is 0 Å². The van der Waals surface area contributed by atoms with Crippen LogP contribution in [0.5, 0.6) is 5.75 Å². The molecule has 1 heterocycles. The van der Waals surface area contributed by atoms with E-state index in [-0.39, 0.29) is 5.91 Å². The number of nitrogens with zero attached hydrogens (tertiary/aromatic N) is 1. The predicted molar refractivity (Wildman–Crippen MR) is 108 cm³/mol. The lowest BCUT2D eigenvalue weighted by Crippen LogP contribution is -2.36. The van der Waals surface area contributed by atoms with E-state index < -0.39 is 0 Å². The first-order valence-electron chi connectivity index (χ1n) is 9.59. The molecule has 1 fully saturated rings. The fourth-order valence-corrected chi connectivity index (χ4v) is 3.22. The zero-order valence-corrected chi connectivity index (χ0v) is 15.9. The molecule has 0 spiro atoms. The summed E-state index contributed by atoms with van der Waals surface area (Å²) >= 11 is 0. The summed E-state index contributed by atoms with van der Waals surface area (Å²) in [6.45, 7) is 4.71.